The van der Waals surface area contributed by atoms with E-state index in [1.54, 1.807) is 0 Å². The molecule has 0 saturated carbocycles. The summed E-state index contributed by atoms with van der Waals surface area (Å²) in [4.78, 5) is 0. The fourth-order valence-corrected chi connectivity index (χ4v) is 2.51. The van der Waals surface area contributed by atoms with Gasteiger partial charge in [-0.15, -0.1) is 5.10 Å². The van der Waals surface area contributed by atoms with E-state index in [4.69, 9.17) is 0 Å². The van der Waals surface area contributed by atoms with Crippen LogP contribution in [0.4, 0.5) is 0 Å². The molecule has 1 heterocycles. The number of hydrogen-bond donors (Lipinski definition) is 0. The summed E-state index contributed by atoms with van der Waals surface area (Å²) in [6, 6.07) is 18.7. The third-order valence-electron chi connectivity index (χ3n) is 3.37. The number of halogens is 1. The first-order chi connectivity index (χ1) is 10.3. The third kappa shape index (κ3) is 3.79. The summed E-state index contributed by atoms with van der Waals surface area (Å²) in [5.74, 6) is 0. The number of hydrogen-bond acceptors (Lipinski definition) is 2. The maximum absolute atomic E-state index is 4.24. The minimum Gasteiger partial charge on any atom is -0.252 e. The Morgan fingerprint density at radius 2 is 1.71 bits per heavy atom. The highest BCUT2D eigenvalue weighted by molar-refractivity contribution is 9.10. The molecule has 3 aromatic rings. The number of benzene rings is 2. The van der Waals surface area contributed by atoms with Gasteiger partial charge in [-0.25, -0.2) is 0 Å². The van der Waals surface area contributed by atoms with Crippen molar-refractivity contribution in [3.8, 4) is 11.3 Å². The number of nitrogens with zero attached hydrogens (tertiary/aromatic N) is 3. The second kappa shape index (κ2) is 6.68. The van der Waals surface area contributed by atoms with E-state index < -0.39 is 0 Å². The lowest BCUT2D eigenvalue weighted by molar-refractivity contribution is 0.559. The van der Waals surface area contributed by atoms with Gasteiger partial charge in [0.15, 0.2) is 0 Å². The second-order valence-electron chi connectivity index (χ2n) is 4.96. The molecule has 21 heavy (non-hydrogen) atoms. The van der Waals surface area contributed by atoms with Crippen molar-refractivity contribution in [1.82, 2.24) is 15.0 Å². The zero-order chi connectivity index (χ0) is 14.5. The molecule has 0 amide bonds. The predicted molar refractivity (Wildman–Crippen MR) is 87.9 cm³/mol. The van der Waals surface area contributed by atoms with Crippen LogP contribution in [0.25, 0.3) is 11.3 Å². The standard InChI is InChI=1S/C17H16BrN3/c18-16-10-8-15(9-11-16)17-13-21(20-19-17)12-4-7-14-5-2-1-3-6-14/h1-3,5-6,8-11,13H,4,7,12H2. The van der Waals surface area contributed by atoms with E-state index in [0.717, 1.165) is 35.1 Å². The van der Waals surface area contributed by atoms with Gasteiger partial charge in [-0.1, -0.05) is 63.6 Å². The van der Waals surface area contributed by atoms with E-state index in [0.29, 0.717) is 0 Å². The Balaban J connectivity index is 1.59. The fourth-order valence-electron chi connectivity index (χ4n) is 2.25. The molecule has 4 heteroatoms. The molecule has 0 aliphatic carbocycles. The Kier molecular flexibility index (Phi) is 4.46. The summed E-state index contributed by atoms with van der Waals surface area (Å²) >= 11 is 3.44. The van der Waals surface area contributed by atoms with Gasteiger partial charge in [0.05, 0.1) is 6.20 Å². The van der Waals surface area contributed by atoms with Gasteiger partial charge < -0.3 is 0 Å². The smallest absolute Gasteiger partial charge is 0.113 e. The van der Waals surface area contributed by atoms with Crippen molar-refractivity contribution >= 4 is 15.9 Å². The second-order valence-corrected chi connectivity index (χ2v) is 5.88. The highest BCUT2D eigenvalue weighted by atomic mass is 79.9. The molecule has 0 aliphatic rings. The molecule has 0 unspecified atom stereocenters. The van der Waals surface area contributed by atoms with Crippen molar-refractivity contribution in [2.75, 3.05) is 0 Å². The van der Waals surface area contributed by atoms with Crippen molar-refractivity contribution in [3.05, 3.63) is 70.8 Å². The molecule has 0 radical (unpaired) electrons. The predicted octanol–water partition coefficient (Wildman–Crippen LogP) is 4.34. The van der Waals surface area contributed by atoms with Crippen molar-refractivity contribution in [2.24, 2.45) is 0 Å². The molecule has 1 aromatic heterocycles. The lowest BCUT2D eigenvalue weighted by atomic mass is 10.1. The topological polar surface area (TPSA) is 30.7 Å². The van der Waals surface area contributed by atoms with Crippen LogP contribution in [-0.4, -0.2) is 15.0 Å². The average Bonchev–Trinajstić information content (AvgIpc) is 2.98. The van der Waals surface area contributed by atoms with Gasteiger partial charge in [0.25, 0.3) is 0 Å². The largest absolute Gasteiger partial charge is 0.252 e. The molecule has 0 bridgehead atoms. The van der Waals surface area contributed by atoms with E-state index in [1.165, 1.54) is 5.56 Å². The summed E-state index contributed by atoms with van der Waals surface area (Å²) in [6.45, 7) is 0.887. The Morgan fingerprint density at radius 3 is 2.48 bits per heavy atom. The monoisotopic (exact) mass is 341 g/mol. The highest BCUT2D eigenvalue weighted by Crippen LogP contribution is 2.19. The van der Waals surface area contributed by atoms with E-state index in [9.17, 15) is 0 Å². The molecule has 3 nitrogen and oxygen atoms in total. The maximum Gasteiger partial charge on any atom is 0.113 e. The van der Waals surface area contributed by atoms with E-state index >= 15 is 0 Å². The quantitative estimate of drug-likeness (QED) is 0.691. The van der Waals surface area contributed by atoms with Crippen LogP contribution in [0.1, 0.15) is 12.0 Å². The van der Waals surface area contributed by atoms with Gasteiger partial charge in [0, 0.05) is 16.6 Å². The molecule has 0 saturated heterocycles. The van der Waals surface area contributed by atoms with E-state index in [1.807, 2.05) is 41.2 Å². The number of aryl methyl sites for hydroxylation is 2. The molecule has 0 aliphatic heterocycles. The third-order valence-corrected chi connectivity index (χ3v) is 3.90. The zero-order valence-electron chi connectivity index (χ0n) is 11.6. The van der Waals surface area contributed by atoms with Gasteiger partial charge in [-0.2, -0.15) is 0 Å². The maximum atomic E-state index is 4.24. The zero-order valence-corrected chi connectivity index (χ0v) is 13.2. The van der Waals surface area contributed by atoms with Crippen molar-refractivity contribution in [2.45, 2.75) is 19.4 Å². The number of aromatic nitrogens is 3. The van der Waals surface area contributed by atoms with Crippen LogP contribution in [0.5, 0.6) is 0 Å². The molecule has 3 rings (SSSR count). The van der Waals surface area contributed by atoms with Gasteiger partial charge in [0.2, 0.25) is 0 Å². The van der Waals surface area contributed by atoms with Gasteiger partial charge in [0.1, 0.15) is 5.69 Å². The Labute approximate surface area is 132 Å². The summed E-state index contributed by atoms with van der Waals surface area (Å²) in [5, 5.41) is 8.44. The van der Waals surface area contributed by atoms with Crippen LogP contribution in [0.3, 0.4) is 0 Å². The van der Waals surface area contributed by atoms with Crippen LogP contribution in [-0.2, 0) is 13.0 Å². The number of rotatable bonds is 5. The molecule has 0 spiro atoms. The SMILES string of the molecule is Brc1ccc(-c2cn(CCCc3ccccc3)nn2)cc1. The van der Waals surface area contributed by atoms with Gasteiger partial charge >= 0.3 is 0 Å². The molecule has 2 aromatic carbocycles. The first kappa shape index (κ1) is 14.0. The molecule has 0 N–H and O–H groups in total. The van der Waals surface area contributed by atoms with Crippen LogP contribution >= 0.6 is 15.9 Å². The van der Waals surface area contributed by atoms with Crippen LogP contribution in [0, 0.1) is 0 Å². The minimum absolute atomic E-state index is 0.887. The van der Waals surface area contributed by atoms with Crippen molar-refractivity contribution in [3.63, 3.8) is 0 Å². The van der Waals surface area contributed by atoms with E-state index in [-0.39, 0.29) is 0 Å². The first-order valence-corrected chi connectivity index (χ1v) is 7.80. The van der Waals surface area contributed by atoms with Gasteiger partial charge in [-0.05, 0) is 30.5 Å². The summed E-state index contributed by atoms with van der Waals surface area (Å²) in [6.07, 6.45) is 4.13. The fraction of sp³-hybridized carbons (Fsp3) is 0.176. The minimum atomic E-state index is 0.887. The average molecular weight is 342 g/mol. The van der Waals surface area contributed by atoms with E-state index in [2.05, 4.69) is 50.5 Å². The van der Waals surface area contributed by atoms with Crippen LogP contribution in [0.2, 0.25) is 0 Å². The molecular formula is C17H16BrN3. The molecular weight excluding hydrogens is 326 g/mol. The Morgan fingerprint density at radius 1 is 0.952 bits per heavy atom. The van der Waals surface area contributed by atoms with Crippen molar-refractivity contribution < 1.29 is 0 Å². The first-order valence-electron chi connectivity index (χ1n) is 7.01. The lowest BCUT2D eigenvalue weighted by Gasteiger charge is -2.01. The van der Waals surface area contributed by atoms with Crippen molar-refractivity contribution in [1.29, 1.82) is 0 Å². The summed E-state index contributed by atoms with van der Waals surface area (Å²) < 4.78 is 2.99. The van der Waals surface area contributed by atoms with Crippen LogP contribution in [0.15, 0.2) is 65.3 Å². The molecule has 0 fully saturated rings. The summed E-state index contributed by atoms with van der Waals surface area (Å²) in [7, 11) is 0. The molecule has 0 atom stereocenters. The Hall–Kier alpha value is -1.94. The summed E-state index contributed by atoms with van der Waals surface area (Å²) in [5.41, 5.74) is 3.38. The molecule has 106 valence electrons. The lowest BCUT2D eigenvalue weighted by Crippen LogP contribution is -2.00. The van der Waals surface area contributed by atoms with Gasteiger partial charge in [-0.3, -0.25) is 4.68 Å². The normalized spacial score (nSPS) is 10.7. The van der Waals surface area contributed by atoms with Crippen LogP contribution < -0.4 is 0 Å². The Bertz CT molecular complexity index is 690. The highest BCUT2D eigenvalue weighted by Gasteiger charge is 2.03.